The molecule has 5 heteroatoms. The number of ether oxygens (including phenoxy) is 1. The number of hydrogen-bond acceptors (Lipinski definition) is 3. The molecule has 2 aromatic carbocycles. The Bertz CT molecular complexity index is 675. The van der Waals surface area contributed by atoms with Crippen molar-refractivity contribution >= 4 is 34.8 Å². The standard InChI is InChI=1S/C16H16N2OS2/c1-17-16(20)18-12-8-4-6-10-14(12)21-15(18)11-7-3-5-9-13(11)19-2/h3-10,15H,1-2H3,(H,17,20). The van der Waals surface area contributed by atoms with Gasteiger partial charge in [-0.15, -0.1) is 0 Å². The number of fused-ring (bicyclic) bond motifs is 1. The topological polar surface area (TPSA) is 24.5 Å². The van der Waals surface area contributed by atoms with Crippen LogP contribution in [0.4, 0.5) is 5.69 Å². The molecular weight excluding hydrogens is 300 g/mol. The molecule has 1 unspecified atom stereocenters. The Kier molecular flexibility index (Phi) is 4.03. The van der Waals surface area contributed by atoms with Gasteiger partial charge in [-0.25, -0.2) is 0 Å². The van der Waals surface area contributed by atoms with Crippen molar-refractivity contribution in [3.8, 4) is 5.75 Å². The van der Waals surface area contributed by atoms with Crippen molar-refractivity contribution in [2.75, 3.05) is 19.1 Å². The predicted octanol–water partition coefficient (Wildman–Crippen LogP) is 3.81. The van der Waals surface area contributed by atoms with Crippen molar-refractivity contribution in [2.24, 2.45) is 0 Å². The Hall–Kier alpha value is -1.72. The van der Waals surface area contributed by atoms with Crippen molar-refractivity contribution < 1.29 is 4.74 Å². The summed E-state index contributed by atoms with van der Waals surface area (Å²) in [6.07, 6.45) is 0. The van der Waals surface area contributed by atoms with Crippen LogP contribution >= 0.6 is 24.0 Å². The lowest BCUT2D eigenvalue weighted by atomic mass is 10.1. The van der Waals surface area contributed by atoms with Gasteiger partial charge in [-0.2, -0.15) is 0 Å². The van der Waals surface area contributed by atoms with E-state index in [1.54, 1.807) is 18.9 Å². The van der Waals surface area contributed by atoms with Crippen LogP contribution in [0.15, 0.2) is 53.4 Å². The summed E-state index contributed by atoms with van der Waals surface area (Å²) in [7, 11) is 3.56. The van der Waals surface area contributed by atoms with Crippen LogP contribution in [0.5, 0.6) is 5.75 Å². The molecule has 1 aliphatic rings. The number of para-hydroxylation sites is 2. The van der Waals surface area contributed by atoms with Gasteiger partial charge in [-0.05, 0) is 30.4 Å². The second-order valence-corrected chi connectivity index (χ2v) is 6.11. The quantitative estimate of drug-likeness (QED) is 0.849. The van der Waals surface area contributed by atoms with Gasteiger partial charge in [0.15, 0.2) is 5.11 Å². The molecular formula is C16H16N2OS2. The lowest BCUT2D eigenvalue weighted by Gasteiger charge is -2.27. The summed E-state index contributed by atoms with van der Waals surface area (Å²) in [4.78, 5) is 3.37. The first kappa shape index (κ1) is 14.2. The first-order valence-electron chi connectivity index (χ1n) is 6.66. The van der Waals surface area contributed by atoms with Crippen molar-refractivity contribution in [1.82, 2.24) is 5.32 Å². The molecule has 1 N–H and O–H groups in total. The van der Waals surface area contributed by atoms with Crippen LogP contribution in [0.2, 0.25) is 0 Å². The molecule has 1 aliphatic heterocycles. The second-order valence-electron chi connectivity index (χ2n) is 4.61. The van der Waals surface area contributed by atoms with Crippen LogP contribution < -0.4 is 15.0 Å². The van der Waals surface area contributed by atoms with Crippen LogP contribution in [-0.4, -0.2) is 19.3 Å². The highest BCUT2D eigenvalue weighted by atomic mass is 32.2. The highest BCUT2D eigenvalue weighted by Gasteiger charge is 2.34. The molecule has 2 aromatic rings. The maximum absolute atomic E-state index is 5.51. The van der Waals surface area contributed by atoms with E-state index >= 15 is 0 Å². The Labute approximate surface area is 134 Å². The van der Waals surface area contributed by atoms with E-state index in [4.69, 9.17) is 17.0 Å². The predicted molar refractivity (Wildman–Crippen MR) is 92.2 cm³/mol. The molecule has 108 valence electrons. The number of thioether (sulfide) groups is 1. The number of hydrogen-bond donors (Lipinski definition) is 1. The van der Waals surface area contributed by atoms with Gasteiger partial charge >= 0.3 is 0 Å². The fourth-order valence-electron chi connectivity index (χ4n) is 2.46. The van der Waals surface area contributed by atoms with Crippen LogP contribution in [0, 0.1) is 0 Å². The van der Waals surface area contributed by atoms with Crippen LogP contribution in [0.1, 0.15) is 10.9 Å². The average molecular weight is 316 g/mol. The zero-order chi connectivity index (χ0) is 14.8. The number of nitrogens with one attached hydrogen (secondary N) is 1. The molecule has 0 aromatic heterocycles. The van der Waals surface area contributed by atoms with E-state index in [0.29, 0.717) is 5.11 Å². The summed E-state index contributed by atoms with van der Waals surface area (Å²) in [5, 5.41) is 3.88. The lowest BCUT2D eigenvalue weighted by Crippen LogP contribution is -2.37. The third kappa shape index (κ3) is 2.47. The van der Waals surface area contributed by atoms with Gasteiger partial charge < -0.3 is 15.0 Å². The first-order valence-corrected chi connectivity index (χ1v) is 7.94. The van der Waals surface area contributed by atoms with Crippen LogP contribution in [-0.2, 0) is 0 Å². The van der Waals surface area contributed by atoms with E-state index < -0.39 is 0 Å². The molecule has 0 saturated carbocycles. The van der Waals surface area contributed by atoms with Crippen LogP contribution in [0.25, 0.3) is 0 Å². The summed E-state index contributed by atoms with van der Waals surface area (Å²) in [6, 6.07) is 16.4. The van der Waals surface area contributed by atoms with Gasteiger partial charge in [0.1, 0.15) is 11.1 Å². The van der Waals surface area contributed by atoms with Gasteiger partial charge in [-0.1, -0.05) is 42.1 Å². The molecule has 0 saturated heterocycles. The normalized spacial score (nSPS) is 16.5. The first-order chi connectivity index (χ1) is 10.3. The maximum atomic E-state index is 5.51. The van der Waals surface area contributed by atoms with Crippen molar-refractivity contribution in [2.45, 2.75) is 10.3 Å². The minimum Gasteiger partial charge on any atom is -0.496 e. The number of thiocarbonyl (C=S) groups is 1. The van der Waals surface area contributed by atoms with Gasteiger partial charge in [0.05, 0.1) is 12.8 Å². The fraction of sp³-hybridized carbons (Fsp3) is 0.188. The van der Waals surface area contributed by atoms with E-state index in [1.165, 1.54) is 4.90 Å². The maximum Gasteiger partial charge on any atom is 0.174 e. The molecule has 3 nitrogen and oxygen atoms in total. The van der Waals surface area contributed by atoms with E-state index in [9.17, 15) is 0 Å². The van der Waals surface area contributed by atoms with Gasteiger partial charge in [0.2, 0.25) is 0 Å². The van der Waals surface area contributed by atoms with E-state index in [-0.39, 0.29) is 5.37 Å². The minimum absolute atomic E-state index is 0.0819. The number of rotatable bonds is 2. The molecule has 0 fully saturated rings. The number of methoxy groups -OCH3 is 1. The Morgan fingerprint density at radius 3 is 2.67 bits per heavy atom. The zero-order valence-electron chi connectivity index (χ0n) is 11.9. The summed E-state index contributed by atoms with van der Waals surface area (Å²) in [6.45, 7) is 0. The highest BCUT2D eigenvalue weighted by molar-refractivity contribution is 8.00. The van der Waals surface area contributed by atoms with E-state index in [2.05, 4.69) is 34.5 Å². The number of benzene rings is 2. The van der Waals surface area contributed by atoms with E-state index in [0.717, 1.165) is 17.0 Å². The molecule has 0 aliphatic carbocycles. The van der Waals surface area contributed by atoms with Crippen molar-refractivity contribution in [3.63, 3.8) is 0 Å². The van der Waals surface area contributed by atoms with Gasteiger partial charge in [0, 0.05) is 17.5 Å². The third-order valence-corrected chi connectivity index (χ3v) is 5.12. The Balaban J connectivity index is 2.08. The molecule has 1 heterocycles. The SMILES string of the molecule is CNC(=S)N1c2ccccc2SC1c1ccccc1OC. The molecule has 0 amide bonds. The molecule has 1 atom stereocenters. The second kappa shape index (κ2) is 5.95. The van der Waals surface area contributed by atoms with Crippen molar-refractivity contribution in [3.05, 3.63) is 54.1 Å². The summed E-state index contributed by atoms with van der Waals surface area (Å²) in [5.41, 5.74) is 2.26. The van der Waals surface area contributed by atoms with Crippen molar-refractivity contribution in [1.29, 1.82) is 0 Å². The summed E-state index contributed by atoms with van der Waals surface area (Å²) < 4.78 is 5.51. The third-order valence-electron chi connectivity index (χ3n) is 3.44. The molecule has 3 rings (SSSR count). The number of nitrogens with zero attached hydrogens (tertiary/aromatic N) is 1. The minimum atomic E-state index is 0.0819. The molecule has 0 radical (unpaired) electrons. The largest absolute Gasteiger partial charge is 0.496 e. The molecule has 0 spiro atoms. The van der Waals surface area contributed by atoms with E-state index in [1.807, 2.05) is 31.3 Å². The smallest absolute Gasteiger partial charge is 0.174 e. The fourth-order valence-corrected chi connectivity index (χ4v) is 4.07. The summed E-state index contributed by atoms with van der Waals surface area (Å²) in [5.74, 6) is 0.881. The van der Waals surface area contributed by atoms with Gasteiger partial charge in [-0.3, -0.25) is 0 Å². The Morgan fingerprint density at radius 2 is 1.90 bits per heavy atom. The Morgan fingerprint density at radius 1 is 1.19 bits per heavy atom. The molecule has 21 heavy (non-hydrogen) atoms. The molecule has 0 bridgehead atoms. The lowest BCUT2D eigenvalue weighted by molar-refractivity contribution is 0.409. The summed E-state index contributed by atoms with van der Waals surface area (Å²) >= 11 is 7.30. The monoisotopic (exact) mass is 316 g/mol. The zero-order valence-corrected chi connectivity index (χ0v) is 13.5. The average Bonchev–Trinajstić information content (AvgIpc) is 2.93. The van der Waals surface area contributed by atoms with Gasteiger partial charge in [0.25, 0.3) is 0 Å². The highest BCUT2D eigenvalue weighted by Crippen LogP contribution is 2.52. The number of anilines is 1. The van der Waals surface area contributed by atoms with Crippen LogP contribution in [0.3, 0.4) is 0 Å².